The van der Waals surface area contributed by atoms with Crippen molar-refractivity contribution in [3.63, 3.8) is 0 Å². The molecule has 188 valence electrons. The largest absolute Gasteiger partial charge is 0.508 e. The molecule has 3 aromatic carbocycles. The molecule has 3 atom stereocenters. The van der Waals surface area contributed by atoms with Gasteiger partial charge in [0.25, 0.3) is 0 Å². The van der Waals surface area contributed by atoms with E-state index in [4.69, 9.17) is 18.9 Å². The first-order chi connectivity index (χ1) is 17.5. The number of carbonyl (C=O) groups is 2. The highest BCUT2D eigenvalue weighted by Gasteiger charge is 2.33. The zero-order chi connectivity index (χ0) is 25.3. The van der Waals surface area contributed by atoms with Gasteiger partial charge in [0.2, 0.25) is 0 Å². The standard InChI is InChI=1S/C30H32O6/c1-21-16-25-14-9-15-28(33-20-29(31)34-18-23-10-5-3-6-11-23)27(25)17-26(21)22(2)36-30(32)35-19-24-12-7-4-8-13-24/h3-15,21-22,26H,16-20H2,1-2H3/t21-,22?,26?/m0/s1. The van der Waals surface area contributed by atoms with Crippen LogP contribution < -0.4 is 4.74 Å². The number of hydrogen-bond acceptors (Lipinski definition) is 6. The maximum atomic E-state index is 12.3. The second-order valence-electron chi connectivity index (χ2n) is 9.23. The van der Waals surface area contributed by atoms with Crippen molar-refractivity contribution in [1.29, 1.82) is 0 Å². The van der Waals surface area contributed by atoms with Gasteiger partial charge in [0.1, 0.15) is 25.1 Å². The highest BCUT2D eigenvalue weighted by atomic mass is 16.7. The molecule has 0 saturated heterocycles. The summed E-state index contributed by atoms with van der Waals surface area (Å²) in [5.74, 6) is 0.645. The van der Waals surface area contributed by atoms with Crippen LogP contribution in [0.15, 0.2) is 78.9 Å². The van der Waals surface area contributed by atoms with Crippen molar-refractivity contribution in [2.75, 3.05) is 6.61 Å². The van der Waals surface area contributed by atoms with Crippen molar-refractivity contribution >= 4 is 12.1 Å². The van der Waals surface area contributed by atoms with Crippen LogP contribution in [0.2, 0.25) is 0 Å². The normalized spacial score (nSPS) is 17.4. The third-order valence-corrected chi connectivity index (χ3v) is 6.62. The number of benzene rings is 3. The smallest absolute Gasteiger partial charge is 0.482 e. The lowest BCUT2D eigenvalue weighted by molar-refractivity contribution is -0.147. The Morgan fingerprint density at radius 1 is 0.833 bits per heavy atom. The van der Waals surface area contributed by atoms with Crippen LogP contribution in [0.3, 0.4) is 0 Å². The van der Waals surface area contributed by atoms with Gasteiger partial charge < -0.3 is 18.9 Å². The highest BCUT2D eigenvalue weighted by Crippen LogP contribution is 2.37. The fraction of sp³-hybridized carbons (Fsp3) is 0.333. The van der Waals surface area contributed by atoms with Crippen LogP contribution in [0.1, 0.15) is 36.1 Å². The quantitative estimate of drug-likeness (QED) is 0.349. The predicted molar refractivity (Wildman–Crippen MR) is 135 cm³/mol. The Kier molecular flexibility index (Phi) is 8.61. The maximum absolute atomic E-state index is 12.3. The molecule has 1 aliphatic rings. The molecule has 0 saturated carbocycles. The van der Waals surface area contributed by atoms with Crippen molar-refractivity contribution in [2.24, 2.45) is 11.8 Å². The van der Waals surface area contributed by atoms with Gasteiger partial charge >= 0.3 is 12.1 Å². The average molecular weight is 489 g/mol. The summed E-state index contributed by atoms with van der Waals surface area (Å²) in [5, 5.41) is 0. The summed E-state index contributed by atoms with van der Waals surface area (Å²) in [6.07, 6.45) is 0.511. The van der Waals surface area contributed by atoms with E-state index in [9.17, 15) is 9.59 Å². The first-order valence-corrected chi connectivity index (χ1v) is 12.3. The monoisotopic (exact) mass is 488 g/mol. The van der Waals surface area contributed by atoms with E-state index in [1.807, 2.05) is 79.7 Å². The summed E-state index contributed by atoms with van der Waals surface area (Å²) in [6.45, 7) is 4.29. The van der Waals surface area contributed by atoms with Gasteiger partial charge in [-0.05, 0) is 54.0 Å². The van der Waals surface area contributed by atoms with Gasteiger partial charge in [-0.1, -0.05) is 79.7 Å². The Labute approximate surface area is 212 Å². The number of fused-ring (bicyclic) bond motifs is 1. The fourth-order valence-electron chi connectivity index (χ4n) is 4.64. The van der Waals surface area contributed by atoms with Crippen LogP contribution in [-0.4, -0.2) is 24.8 Å². The minimum absolute atomic E-state index is 0.0940. The lowest BCUT2D eigenvalue weighted by Crippen LogP contribution is -2.35. The van der Waals surface area contributed by atoms with E-state index in [-0.39, 0.29) is 31.8 Å². The molecule has 0 aliphatic heterocycles. The fourth-order valence-corrected chi connectivity index (χ4v) is 4.64. The Morgan fingerprint density at radius 3 is 2.14 bits per heavy atom. The zero-order valence-electron chi connectivity index (χ0n) is 20.7. The summed E-state index contributed by atoms with van der Waals surface area (Å²) < 4.78 is 22.1. The SMILES string of the molecule is CC(OC(=O)OCc1ccccc1)C1Cc2c(cccc2OCC(=O)OCc2ccccc2)C[C@@H]1C. The Balaban J connectivity index is 1.32. The van der Waals surface area contributed by atoms with Gasteiger partial charge in [0.15, 0.2) is 6.61 Å². The van der Waals surface area contributed by atoms with Gasteiger partial charge in [-0.15, -0.1) is 0 Å². The molecule has 0 N–H and O–H groups in total. The number of carbonyl (C=O) groups excluding carboxylic acids is 2. The number of hydrogen-bond donors (Lipinski definition) is 0. The summed E-state index contributed by atoms with van der Waals surface area (Å²) in [5.41, 5.74) is 4.07. The summed E-state index contributed by atoms with van der Waals surface area (Å²) in [6, 6.07) is 24.9. The second kappa shape index (κ2) is 12.2. The van der Waals surface area contributed by atoms with Crippen molar-refractivity contribution in [3.8, 4) is 5.75 Å². The molecular formula is C30H32O6. The highest BCUT2D eigenvalue weighted by molar-refractivity contribution is 5.71. The molecule has 0 amide bonds. The van der Waals surface area contributed by atoms with E-state index in [0.717, 1.165) is 23.1 Å². The average Bonchev–Trinajstić information content (AvgIpc) is 2.90. The molecule has 3 aromatic rings. The minimum atomic E-state index is -0.671. The molecule has 0 spiro atoms. The van der Waals surface area contributed by atoms with Gasteiger partial charge in [0.05, 0.1) is 0 Å². The van der Waals surface area contributed by atoms with E-state index >= 15 is 0 Å². The Bertz CT molecular complexity index is 1140. The van der Waals surface area contributed by atoms with Crippen LogP contribution >= 0.6 is 0 Å². The molecule has 36 heavy (non-hydrogen) atoms. The summed E-state index contributed by atoms with van der Waals surface area (Å²) in [4.78, 5) is 24.6. The predicted octanol–water partition coefficient (Wildman–Crippen LogP) is 5.90. The van der Waals surface area contributed by atoms with Crippen LogP contribution in [0.5, 0.6) is 5.75 Å². The van der Waals surface area contributed by atoms with Crippen molar-refractivity contribution in [3.05, 3.63) is 101 Å². The van der Waals surface area contributed by atoms with Crippen LogP contribution in [-0.2, 0) is 45.1 Å². The molecule has 1 aliphatic carbocycles. The van der Waals surface area contributed by atoms with E-state index in [1.165, 1.54) is 5.56 Å². The van der Waals surface area contributed by atoms with Gasteiger partial charge in [-0.25, -0.2) is 9.59 Å². The van der Waals surface area contributed by atoms with Crippen molar-refractivity contribution < 1.29 is 28.5 Å². The first kappa shape index (κ1) is 25.3. The topological polar surface area (TPSA) is 71.1 Å². The summed E-state index contributed by atoms with van der Waals surface area (Å²) >= 11 is 0. The Morgan fingerprint density at radius 2 is 1.47 bits per heavy atom. The van der Waals surface area contributed by atoms with Gasteiger partial charge in [-0.2, -0.15) is 0 Å². The molecule has 0 radical (unpaired) electrons. The van der Waals surface area contributed by atoms with E-state index in [0.29, 0.717) is 18.1 Å². The molecule has 0 heterocycles. The van der Waals surface area contributed by atoms with Gasteiger partial charge in [-0.3, -0.25) is 0 Å². The molecule has 0 fully saturated rings. The zero-order valence-corrected chi connectivity index (χ0v) is 20.7. The van der Waals surface area contributed by atoms with Crippen molar-refractivity contribution in [2.45, 2.75) is 46.0 Å². The van der Waals surface area contributed by atoms with Crippen molar-refractivity contribution in [1.82, 2.24) is 0 Å². The van der Waals surface area contributed by atoms with E-state index in [1.54, 1.807) is 0 Å². The molecule has 0 bridgehead atoms. The first-order valence-electron chi connectivity index (χ1n) is 12.3. The van der Waals surface area contributed by atoms with Gasteiger partial charge in [0, 0.05) is 5.92 Å². The van der Waals surface area contributed by atoms with Crippen LogP contribution in [0.25, 0.3) is 0 Å². The lowest BCUT2D eigenvalue weighted by Gasteiger charge is -2.35. The Hall–Kier alpha value is -3.80. The molecule has 4 rings (SSSR count). The second-order valence-corrected chi connectivity index (χ2v) is 9.23. The number of ether oxygens (including phenoxy) is 4. The molecule has 2 unspecified atom stereocenters. The minimum Gasteiger partial charge on any atom is -0.482 e. The summed E-state index contributed by atoms with van der Waals surface area (Å²) in [7, 11) is 0. The third-order valence-electron chi connectivity index (χ3n) is 6.62. The van der Waals surface area contributed by atoms with E-state index in [2.05, 4.69) is 13.0 Å². The van der Waals surface area contributed by atoms with Crippen LogP contribution in [0.4, 0.5) is 4.79 Å². The third kappa shape index (κ3) is 6.87. The molecule has 0 aromatic heterocycles. The van der Waals surface area contributed by atoms with Crippen LogP contribution in [0, 0.1) is 11.8 Å². The number of esters is 1. The maximum Gasteiger partial charge on any atom is 0.508 e. The molecular weight excluding hydrogens is 456 g/mol. The molecule has 6 heteroatoms. The lowest BCUT2D eigenvalue weighted by atomic mass is 9.74. The van der Waals surface area contributed by atoms with E-state index < -0.39 is 12.1 Å². The number of rotatable bonds is 9. The molecule has 6 nitrogen and oxygen atoms in total.